The summed E-state index contributed by atoms with van der Waals surface area (Å²) in [7, 11) is 5.38. The Balaban J connectivity index is 1.67. The van der Waals surface area contributed by atoms with Crippen LogP contribution in [0.15, 0.2) is 35.5 Å². The Labute approximate surface area is 170 Å². The molecule has 0 spiro atoms. The number of para-hydroxylation sites is 1. The van der Waals surface area contributed by atoms with Gasteiger partial charge in [-0.15, -0.1) is 0 Å². The van der Waals surface area contributed by atoms with Crippen LogP contribution in [0.4, 0.5) is 0 Å². The lowest BCUT2D eigenvalue weighted by Crippen LogP contribution is -2.34. The Kier molecular flexibility index (Phi) is 5.49. The topological polar surface area (TPSA) is 72.8 Å². The van der Waals surface area contributed by atoms with Gasteiger partial charge in [-0.2, -0.15) is 0 Å². The molecule has 0 saturated carbocycles. The molecule has 0 radical (unpaired) electrons. The summed E-state index contributed by atoms with van der Waals surface area (Å²) < 4.78 is 22.4. The number of rotatable bonds is 6. The standard InChI is InChI=1S/C22H26N2O5/c1-24-9-8-15-11-19-21(29-13-28-19)22(27-3)20(15)17(24)12-16(23-25)10-14-6-4-5-7-18(14)26-2/h4-7,11,17,25H,8-10,12-13H2,1-3H3/t17-/m1/s1. The van der Waals surface area contributed by atoms with Crippen LogP contribution < -0.4 is 18.9 Å². The van der Waals surface area contributed by atoms with Gasteiger partial charge in [-0.3, -0.25) is 4.90 Å². The van der Waals surface area contributed by atoms with Gasteiger partial charge in [0.2, 0.25) is 12.5 Å². The van der Waals surface area contributed by atoms with Crippen molar-refractivity contribution in [1.29, 1.82) is 0 Å². The molecular weight excluding hydrogens is 372 g/mol. The zero-order valence-electron chi connectivity index (χ0n) is 17.0. The van der Waals surface area contributed by atoms with E-state index in [1.807, 2.05) is 24.3 Å². The first-order chi connectivity index (χ1) is 14.2. The monoisotopic (exact) mass is 398 g/mol. The van der Waals surface area contributed by atoms with E-state index in [2.05, 4.69) is 23.2 Å². The summed E-state index contributed by atoms with van der Waals surface area (Å²) in [6.07, 6.45) is 1.97. The van der Waals surface area contributed by atoms with E-state index in [1.165, 1.54) is 5.56 Å². The molecule has 0 amide bonds. The summed E-state index contributed by atoms with van der Waals surface area (Å²) in [5.41, 5.74) is 3.92. The van der Waals surface area contributed by atoms with Crippen molar-refractivity contribution in [2.75, 3.05) is 34.6 Å². The highest BCUT2D eigenvalue weighted by molar-refractivity contribution is 5.87. The van der Waals surface area contributed by atoms with Crippen molar-refractivity contribution in [3.8, 4) is 23.0 Å². The maximum Gasteiger partial charge on any atom is 0.231 e. The van der Waals surface area contributed by atoms with Gasteiger partial charge in [-0.25, -0.2) is 0 Å². The quantitative estimate of drug-likeness (QED) is 0.457. The SMILES string of the molecule is COc1ccccc1CC(C[C@@H]1c2c(cc3c(c2OC)OCO3)CCN1C)=NO. The molecule has 0 aliphatic carbocycles. The van der Waals surface area contributed by atoms with Crippen molar-refractivity contribution in [2.45, 2.75) is 25.3 Å². The molecular formula is C22H26N2O5. The first-order valence-corrected chi connectivity index (χ1v) is 9.67. The molecule has 0 fully saturated rings. The third-order valence-corrected chi connectivity index (χ3v) is 5.70. The number of oxime groups is 1. The van der Waals surface area contributed by atoms with E-state index in [0.717, 1.165) is 35.6 Å². The van der Waals surface area contributed by atoms with E-state index in [0.29, 0.717) is 30.1 Å². The van der Waals surface area contributed by atoms with Crippen LogP contribution in [0, 0.1) is 0 Å². The average molecular weight is 398 g/mol. The maximum atomic E-state index is 9.75. The van der Waals surface area contributed by atoms with Crippen molar-refractivity contribution in [2.24, 2.45) is 5.16 Å². The molecule has 7 nitrogen and oxygen atoms in total. The predicted octanol–water partition coefficient (Wildman–Crippen LogP) is 3.42. The van der Waals surface area contributed by atoms with E-state index in [4.69, 9.17) is 18.9 Å². The number of benzene rings is 2. The first-order valence-electron chi connectivity index (χ1n) is 9.67. The molecule has 0 aromatic heterocycles. The van der Waals surface area contributed by atoms with Gasteiger partial charge in [0.15, 0.2) is 11.5 Å². The highest BCUT2D eigenvalue weighted by atomic mass is 16.7. The maximum absolute atomic E-state index is 9.75. The van der Waals surface area contributed by atoms with Crippen LogP contribution in [0.25, 0.3) is 0 Å². The molecule has 29 heavy (non-hydrogen) atoms. The third-order valence-electron chi connectivity index (χ3n) is 5.70. The van der Waals surface area contributed by atoms with Crippen LogP contribution in [-0.4, -0.2) is 50.4 Å². The van der Waals surface area contributed by atoms with Crippen LogP contribution in [-0.2, 0) is 12.8 Å². The Morgan fingerprint density at radius 2 is 2.07 bits per heavy atom. The van der Waals surface area contributed by atoms with Crippen molar-refractivity contribution in [1.82, 2.24) is 4.90 Å². The van der Waals surface area contributed by atoms with Crippen molar-refractivity contribution < 1.29 is 24.2 Å². The van der Waals surface area contributed by atoms with Gasteiger partial charge in [0.05, 0.1) is 19.9 Å². The van der Waals surface area contributed by atoms with Gasteiger partial charge in [0.1, 0.15) is 5.75 Å². The van der Waals surface area contributed by atoms with Crippen LogP contribution in [0.5, 0.6) is 23.0 Å². The first kappa shape index (κ1) is 19.4. The fourth-order valence-electron chi connectivity index (χ4n) is 4.22. The van der Waals surface area contributed by atoms with E-state index in [-0.39, 0.29) is 12.8 Å². The molecule has 2 aromatic rings. The minimum absolute atomic E-state index is 0.00353. The fourth-order valence-corrected chi connectivity index (χ4v) is 4.22. The van der Waals surface area contributed by atoms with Crippen LogP contribution in [0.1, 0.15) is 29.2 Å². The lowest BCUT2D eigenvalue weighted by molar-refractivity contribution is 0.170. The van der Waals surface area contributed by atoms with Gasteiger partial charge in [-0.05, 0) is 36.7 Å². The highest BCUT2D eigenvalue weighted by Crippen LogP contribution is 2.50. The molecule has 0 bridgehead atoms. The van der Waals surface area contributed by atoms with Crippen LogP contribution in [0.2, 0.25) is 0 Å². The smallest absolute Gasteiger partial charge is 0.231 e. The normalized spacial score (nSPS) is 18.4. The number of fused-ring (bicyclic) bond motifs is 2. The number of hydrogen-bond donors (Lipinski definition) is 1. The van der Waals surface area contributed by atoms with Crippen LogP contribution >= 0.6 is 0 Å². The number of nitrogens with zero attached hydrogens (tertiary/aromatic N) is 2. The van der Waals surface area contributed by atoms with Gasteiger partial charge in [0, 0.05) is 31.0 Å². The third kappa shape index (κ3) is 3.58. The fraction of sp³-hybridized carbons (Fsp3) is 0.409. The molecule has 2 aliphatic rings. The second-order valence-corrected chi connectivity index (χ2v) is 7.32. The largest absolute Gasteiger partial charge is 0.496 e. The Hall–Kier alpha value is -2.93. The molecule has 2 aromatic carbocycles. The lowest BCUT2D eigenvalue weighted by atomic mass is 9.87. The van der Waals surface area contributed by atoms with Crippen LogP contribution in [0.3, 0.4) is 0 Å². The molecule has 4 rings (SSSR count). The molecule has 7 heteroatoms. The number of hydrogen-bond acceptors (Lipinski definition) is 7. The molecule has 2 aliphatic heterocycles. The lowest BCUT2D eigenvalue weighted by Gasteiger charge is -2.36. The highest BCUT2D eigenvalue weighted by Gasteiger charge is 2.34. The summed E-state index contributed by atoms with van der Waals surface area (Å²) >= 11 is 0. The van der Waals surface area contributed by atoms with E-state index in [1.54, 1.807) is 14.2 Å². The molecule has 0 unspecified atom stereocenters. The van der Waals surface area contributed by atoms with Crippen molar-refractivity contribution in [3.63, 3.8) is 0 Å². The van der Waals surface area contributed by atoms with Gasteiger partial charge < -0.3 is 24.2 Å². The summed E-state index contributed by atoms with van der Waals surface area (Å²) in [4.78, 5) is 2.26. The second kappa shape index (κ2) is 8.21. The number of likely N-dealkylation sites (N-methyl/N-ethyl adjacent to an activating group) is 1. The number of methoxy groups -OCH3 is 2. The second-order valence-electron chi connectivity index (χ2n) is 7.32. The molecule has 1 N–H and O–H groups in total. The Morgan fingerprint density at radius 3 is 2.83 bits per heavy atom. The molecule has 154 valence electrons. The minimum Gasteiger partial charge on any atom is -0.496 e. The van der Waals surface area contributed by atoms with E-state index in [9.17, 15) is 5.21 Å². The zero-order valence-corrected chi connectivity index (χ0v) is 17.0. The van der Waals surface area contributed by atoms with Gasteiger partial charge in [0.25, 0.3) is 0 Å². The summed E-state index contributed by atoms with van der Waals surface area (Å²) in [5, 5.41) is 13.4. The average Bonchev–Trinajstić information content (AvgIpc) is 3.22. The summed E-state index contributed by atoms with van der Waals surface area (Å²) in [6.45, 7) is 1.10. The Bertz CT molecular complexity index is 928. The molecule has 0 saturated heterocycles. The molecule has 1 atom stereocenters. The summed E-state index contributed by atoms with van der Waals surface area (Å²) in [5.74, 6) is 2.88. The summed E-state index contributed by atoms with van der Waals surface area (Å²) in [6, 6.07) is 9.84. The van der Waals surface area contributed by atoms with Gasteiger partial charge >= 0.3 is 0 Å². The molecule has 2 heterocycles. The predicted molar refractivity (Wildman–Crippen MR) is 109 cm³/mol. The van der Waals surface area contributed by atoms with Gasteiger partial charge in [-0.1, -0.05) is 23.4 Å². The van der Waals surface area contributed by atoms with E-state index >= 15 is 0 Å². The zero-order chi connectivity index (χ0) is 20.4. The van der Waals surface area contributed by atoms with E-state index < -0.39 is 0 Å². The minimum atomic E-state index is 0.00353. The number of ether oxygens (including phenoxy) is 4. The van der Waals surface area contributed by atoms with Crippen molar-refractivity contribution in [3.05, 3.63) is 47.0 Å². The Morgan fingerprint density at radius 1 is 1.24 bits per heavy atom. The van der Waals surface area contributed by atoms with Crippen molar-refractivity contribution >= 4 is 5.71 Å².